The first kappa shape index (κ1) is 26.2. The maximum atomic E-state index is 13.1. The lowest BCUT2D eigenvalue weighted by Crippen LogP contribution is -2.37. The van der Waals surface area contributed by atoms with E-state index < -0.39 is 0 Å². The molecule has 5 rings (SSSR count). The number of piperidine rings is 1. The fourth-order valence-corrected chi connectivity index (χ4v) is 4.80. The van der Waals surface area contributed by atoms with Crippen LogP contribution in [0.5, 0.6) is 11.5 Å². The number of carbonyl (C=O) groups is 2. The molecule has 39 heavy (non-hydrogen) atoms. The van der Waals surface area contributed by atoms with Crippen LogP contribution in [0.25, 0.3) is 0 Å². The van der Waals surface area contributed by atoms with Crippen LogP contribution in [0.1, 0.15) is 45.2 Å². The summed E-state index contributed by atoms with van der Waals surface area (Å²) in [5, 5.41) is 7.14. The summed E-state index contributed by atoms with van der Waals surface area (Å²) in [6.45, 7) is 2.41. The van der Waals surface area contributed by atoms with Gasteiger partial charge in [-0.1, -0.05) is 30.3 Å². The summed E-state index contributed by atoms with van der Waals surface area (Å²) >= 11 is 0. The minimum atomic E-state index is -0.206. The van der Waals surface area contributed by atoms with Crippen LogP contribution in [-0.4, -0.2) is 53.3 Å². The van der Waals surface area contributed by atoms with Crippen LogP contribution in [-0.2, 0) is 11.3 Å². The van der Waals surface area contributed by atoms with Gasteiger partial charge in [0, 0.05) is 37.6 Å². The average Bonchev–Trinajstić information content (AvgIpc) is 3.46. The summed E-state index contributed by atoms with van der Waals surface area (Å²) in [5.74, 6) is 1.67. The Hall–Kier alpha value is -4.43. The molecule has 200 valence electrons. The highest BCUT2D eigenvalue weighted by Crippen LogP contribution is 2.30. The van der Waals surface area contributed by atoms with Gasteiger partial charge in [0.2, 0.25) is 0 Å². The van der Waals surface area contributed by atoms with Crippen molar-refractivity contribution in [2.75, 3.05) is 32.1 Å². The van der Waals surface area contributed by atoms with E-state index in [0.29, 0.717) is 49.2 Å². The Labute approximate surface area is 228 Å². The molecule has 2 heterocycles. The summed E-state index contributed by atoms with van der Waals surface area (Å²) in [6.07, 6.45) is 3.40. The molecule has 0 saturated carbocycles. The van der Waals surface area contributed by atoms with Gasteiger partial charge >= 0.3 is 0 Å². The lowest BCUT2D eigenvalue weighted by Gasteiger charge is -2.32. The first-order valence-electron chi connectivity index (χ1n) is 13.1. The summed E-state index contributed by atoms with van der Waals surface area (Å²) in [6, 6.07) is 26.6. The Morgan fingerprint density at radius 1 is 0.897 bits per heavy atom. The molecule has 1 saturated heterocycles. The van der Waals surface area contributed by atoms with Gasteiger partial charge in [-0.3, -0.25) is 14.3 Å². The highest BCUT2D eigenvalue weighted by Gasteiger charge is 2.25. The van der Waals surface area contributed by atoms with Crippen LogP contribution in [0.4, 0.5) is 5.69 Å². The number of aromatic nitrogens is 2. The number of nitrogens with one attached hydrogen (secondary N) is 1. The standard InChI is InChI=1S/C31H32N4O4/c1-38-22-21-35-29(15-18-32-35)30(36)33-26-11-7-23(8-12-26)24-16-19-34(20-17-24)31(37)25-9-13-28(14-10-25)39-27-5-3-2-4-6-27/h2-15,18,24H,16-17,19-22H2,1H3,(H,33,36). The van der Waals surface area contributed by atoms with Crippen molar-refractivity contribution in [1.82, 2.24) is 14.7 Å². The molecule has 0 bridgehead atoms. The molecular weight excluding hydrogens is 492 g/mol. The molecule has 8 heteroatoms. The van der Waals surface area contributed by atoms with Crippen LogP contribution >= 0.6 is 0 Å². The quantitative estimate of drug-likeness (QED) is 0.308. The average molecular weight is 525 g/mol. The van der Waals surface area contributed by atoms with Crippen molar-refractivity contribution in [3.8, 4) is 11.5 Å². The normalized spacial score (nSPS) is 13.7. The Kier molecular flexibility index (Phi) is 8.33. The van der Waals surface area contributed by atoms with Gasteiger partial charge in [-0.2, -0.15) is 5.10 Å². The molecule has 2 amide bonds. The molecule has 0 spiro atoms. The van der Waals surface area contributed by atoms with E-state index in [0.717, 1.165) is 24.3 Å². The predicted molar refractivity (Wildman–Crippen MR) is 149 cm³/mol. The highest BCUT2D eigenvalue weighted by atomic mass is 16.5. The molecule has 8 nitrogen and oxygen atoms in total. The fraction of sp³-hybridized carbons (Fsp3) is 0.258. The number of carbonyl (C=O) groups excluding carboxylic acids is 2. The van der Waals surface area contributed by atoms with E-state index in [1.807, 2.05) is 71.6 Å². The maximum Gasteiger partial charge on any atom is 0.273 e. The predicted octanol–water partition coefficient (Wildman–Crippen LogP) is 5.59. The third kappa shape index (κ3) is 6.53. The number of methoxy groups -OCH3 is 1. The lowest BCUT2D eigenvalue weighted by molar-refractivity contribution is 0.0713. The van der Waals surface area contributed by atoms with E-state index >= 15 is 0 Å². The molecule has 0 unspecified atom stereocenters. The van der Waals surface area contributed by atoms with Gasteiger partial charge in [0.25, 0.3) is 11.8 Å². The molecule has 1 N–H and O–H groups in total. The van der Waals surface area contributed by atoms with Gasteiger partial charge in [-0.15, -0.1) is 0 Å². The number of benzene rings is 3. The van der Waals surface area contributed by atoms with Gasteiger partial charge in [-0.05, 0) is 78.9 Å². The summed E-state index contributed by atoms with van der Waals surface area (Å²) in [5.41, 5.74) is 3.10. The number of likely N-dealkylation sites (tertiary alicyclic amines) is 1. The van der Waals surface area contributed by atoms with Crippen LogP contribution in [0.3, 0.4) is 0 Å². The second-order valence-electron chi connectivity index (χ2n) is 9.51. The van der Waals surface area contributed by atoms with Gasteiger partial charge in [-0.25, -0.2) is 0 Å². The van der Waals surface area contributed by atoms with Crippen molar-refractivity contribution in [3.05, 3.63) is 108 Å². The van der Waals surface area contributed by atoms with E-state index in [9.17, 15) is 9.59 Å². The summed E-state index contributed by atoms with van der Waals surface area (Å²) in [4.78, 5) is 27.7. The molecule has 0 atom stereocenters. The number of hydrogen-bond acceptors (Lipinski definition) is 5. The van der Waals surface area contributed by atoms with E-state index in [2.05, 4.69) is 22.5 Å². The zero-order valence-corrected chi connectivity index (χ0v) is 22.0. The molecule has 1 fully saturated rings. The van der Waals surface area contributed by atoms with Crippen molar-refractivity contribution in [3.63, 3.8) is 0 Å². The second kappa shape index (κ2) is 12.4. The van der Waals surface area contributed by atoms with Crippen molar-refractivity contribution in [2.24, 2.45) is 0 Å². The fourth-order valence-electron chi connectivity index (χ4n) is 4.80. The Bertz CT molecular complexity index is 1380. The third-order valence-corrected chi connectivity index (χ3v) is 6.96. The molecule has 0 aliphatic carbocycles. The SMILES string of the molecule is COCCn1nccc1C(=O)Nc1ccc(C2CCN(C(=O)c3ccc(Oc4ccccc4)cc3)CC2)cc1. The number of rotatable bonds is 9. The van der Waals surface area contributed by atoms with Crippen LogP contribution in [0, 0.1) is 0 Å². The topological polar surface area (TPSA) is 85.7 Å². The number of amides is 2. The molecule has 1 aliphatic heterocycles. The Morgan fingerprint density at radius 3 is 2.28 bits per heavy atom. The largest absolute Gasteiger partial charge is 0.457 e. The van der Waals surface area contributed by atoms with Crippen molar-refractivity contribution < 1.29 is 19.1 Å². The van der Waals surface area contributed by atoms with E-state index in [1.54, 1.807) is 24.1 Å². The zero-order valence-electron chi connectivity index (χ0n) is 22.0. The molecule has 4 aromatic rings. The molecule has 1 aromatic heterocycles. The number of ether oxygens (including phenoxy) is 2. The van der Waals surface area contributed by atoms with Gasteiger partial charge < -0.3 is 19.7 Å². The Morgan fingerprint density at radius 2 is 1.59 bits per heavy atom. The number of anilines is 1. The molecule has 1 aliphatic rings. The Balaban J connectivity index is 1.12. The monoisotopic (exact) mass is 524 g/mol. The zero-order chi connectivity index (χ0) is 27.0. The third-order valence-electron chi connectivity index (χ3n) is 6.96. The van der Waals surface area contributed by atoms with Crippen molar-refractivity contribution in [1.29, 1.82) is 0 Å². The number of nitrogens with zero attached hydrogens (tertiary/aromatic N) is 3. The highest BCUT2D eigenvalue weighted by molar-refractivity contribution is 6.03. The van der Waals surface area contributed by atoms with E-state index in [1.165, 1.54) is 5.56 Å². The minimum Gasteiger partial charge on any atom is -0.457 e. The van der Waals surface area contributed by atoms with Gasteiger partial charge in [0.1, 0.15) is 17.2 Å². The number of para-hydroxylation sites is 1. The van der Waals surface area contributed by atoms with Crippen LogP contribution in [0.15, 0.2) is 91.1 Å². The first-order chi connectivity index (χ1) is 19.1. The van der Waals surface area contributed by atoms with Crippen molar-refractivity contribution in [2.45, 2.75) is 25.3 Å². The van der Waals surface area contributed by atoms with Gasteiger partial charge in [0.15, 0.2) is 0 Å². The smallest absolute Gasteiger partial charge is 0.273 e. The van der Waals surface area contributed by atoms with Gasteiger partial charge in [0.05, 0.1) is 13.2 Å². The molecule has 3 aromatic carbocycles. The lowest BCUT2D eigenvalue weighted by atomic mass is 9.89. The summed E-state index contributed by atoms with van der Waals surface area (Å²) < 4.78 is 12.6. The second-order valence-corrected chi connectivity index (χ2v) is 9.51. The van der Waals surface area contributed by atoms with Crippen LogP contribution < -0.4 is 10.1 Å². The van der Waals surface area contributed by atoms with Crippen LogP contribution in [0.2, 0.25) is 0 Å². The minimum absolute atomic E-state index is 0.0440. The first-order valence-corrected chi connectivity index (χ1v) is 13.1. The maximum absolute atomic E-state index is 13.1. The van der Waals surface area contributed by atoms with E-state index in [-0.39, 0.29) is 11.8 Å². The molecule has 0 radical (unpaired) electrons. The number of hydrogen-bond donors (Lipinski definition) is 1. The van der Waals surface area contributed by atoms with E-state index in [4.69, 9.17) is 9.47 Å². The molecular formula is C31H32N4O4. The summed E-state index contributed by atoms with van der Waals surface area (Å²) in [7, 11) is 1.62. The van der Waals surface area contributed by atoms with Crippen molar-refractivity contribution >= 4 is 17.5 Å².